The van der Waals surface area contributed by atoms with Gasteiger partial charge in [0.15, 0.2) is 5.79 Å². The molecular formula is C10H20O6S. The Morgan fingerprint density at radius 3 is 2.41 bits per heavy atom. The average molecular weight is 268 g/mol. The number of hydrogen-bond acceptors (Lipinski definition) is 6. The molecule has 0 unspecified atom stereocenters. The summed E-state index contributed by atoms with van der Waals surface area (Å²) in [6, 6.07) is 0. The maximum atomic E-state index is 11.2. The number of ether oxygens (including phenoxy) is 2. The smallest absolute Gasteiger partial charge is 0.348 e. The normalized spacial score (nSPS) is 25.1. The summed E-state index contributed by atoms with van der Waals surface area (Å²) in [6.07, 6.45) is 0.214. The van der Waals surface area contributed by atoms with Crippen molar-refractivity contribution in [1.29, 1.82) is 0 Å². The first kappa shape index (κ1) is 14.8. The molecule has 1 fully saturated rings. The first-order valence-corrected chi connectivity index (χ1v) is 6.72. The highest BCUT2D eigenvalue weighted by Crippen LogP contribution is 2.29. The highest BCUT2D eigenvalue weighted by Gasteiger charge is 2.38. The van der Waals surface area contributed by atoms with Crippen molar-refractivity contribution in [2.75, 3.05) is 13.7 Å². The lowest BCUT2D eigenvalue weighted by Crippen LogP contribution is -2.34. The van der Waals surface area contributed by atoms with Crippen molar-refractivity contribution in [2.45, 2.75) is 51.6 Å². The summed E-state index contributed by atoms with van der Waals surface area (Å²) in [6.45, 7) is 7.38. The van der Waals surface area contributed by atoms with Gasteiger partial charge in [-0.1, -0.05) is 0 Å². The Kier molecular flexibility index (Phi) is 4.20. The molecule has 102 valence electrons. The molecule has 0 N–H and O–H groups in total. The van der Waals surface area contributed by atoms with Crippen LogP contribution in [0.25, 0.3) is 0 Å². The summed E-state index contributed by atoms with van der Waals surface area (Å²) in [5.74, 6) is -0.624. The van der Waals surface area contributed by atoms with E-state index in [1.54, 1.807) is 13.8 Å². The molecule has 17 heavy (non-hydrogen) atoms. The van der Waals surface area contributed by atoms with Crippen LogP contribution in [-0.2, 0) is 28.2 Å². The number of rotatable bonds is 5. The van der Waals surface area contributed by atoms with Crippen LogP contribution in [0.15, 0.2) is 0 Å². The molecule has 1 aliphatic heterocycles. The van der Waals surface area contributed by atoms with Gasteiger partial charge in [-0.15, -0.1) is 0 Å². The summed E-state index contributed by atoms with van der Waals surface area (Å²) in [4.78, 5) is 0. The molecule has 0 aromatic heterocycles. The molecule has 1 aliphatic rings. The van der Waals surface area contributed by atoms with E-state index in [1.165, 1.54) is 0 Å². The van der Waals surface area contributed by atoms with Crippen LogP contribution in [-0.4, -0.2) is 39.6 Å². The van der Waals surface area contributed by atoms with Gasteiger partial charge in [-0.3, -0.25) is 4.18 Å². The fourth-order valence-corrected chi connectivity index (χ4v) is 2.44. The van der Waals surface area contributed by atoms with Crippen LogP contribution in [0.1, 0.15) is 34.1 Å². The summed E-state index contributed by atoms with van der Waals surface area (Å²) in [7, 11) is -2.88. The third-order valence-corrected chi connectivity index (χ3v) is 3.38. The van der Waals surface area contributed by atoms with Crippen LogP contribution in [0.2, 0.25) is 0 Å². The standard InChI is InChI=1S/C10H20O6S/c1-9(2,16-17(11,12)13-5)6-8-7-14-10(3,4)15-8/h8H,6-7H2,1-5H3/t8-/m0/s1. The van der Waals surface area contributed by atoms with Crippen molar-refractivity contribution in [1.82, 2.24) is 0 Å². The minimum Gasteiger partial charge on any atom is -0.348 e. The molecule has 0 aromatic carbocycles. The van der Waals surface area contributed by atoms with Crippen LogP contribution < -0.4 is 0 Å². The van der Waals surface area contributed by atoms with Crippen LogP contribution >= 0.6 is 0 Å². The van der Waals surface area contributed by atoms with E-state index in [0.29, 0.717) is 13.0 Å². The number of hydrogen-bond donors (Lipinski definition) is 0. The zero-order valence-electron chi connectivity index (χ0n) is 10.8. The molecule has 7 heteroatoms. The Balaban J connectivity index is 2.56. The second-order valence-corrected chi connectivity index (χ2v) is 6.39. The second kappa shape index (κ2) is 4.81. The Labute approximate surface area is 103 Å². The largest absolute Gasteiger partial charge is 0.400 e. The molecule has 0 amide bonds. The lowest BCUT2D eigenvalue weighted by molar-refractivity contribution is -0.143. The van der Waals surface area contributed by atoms with E-state index in [-0.39, 0.29) is 6.10 Å². The third-order valence-electron chi connectivity index (χ3n) is 2.32. The lowest BCUT2D eigenvalue weighted by Gasteiger charge is -2.26. The summed E-state index contributed by atoms with van der Waals surface area (Å²) < 4.78 is 42.6. The van der Waals surface area contributed by atoms with E-state index >= 15 is 0 Å². The highest BCUT2D eigenvalue weighted by atomic mass is 32.3. The minimum atomic E-state index is -3.94. The van der Waals surface area contributed by atoms with E-state index in [0.717, 1.165) is 7.11 Å². The van der Waals surface area contributed by atoms with E-state index < -0.39 is 21.8 Å². The Hall–Kier alpha value is -0.210. The molecule has 0 aliphatic carbocycles. The van der Waals surface area contributed by atoms with Gasteiger partial charge in [0.05, 0.1) is 25.4 Å². The fraction of sp³-hybridized carbons (Fsp3) is 1.00. The second-order valence-electron chi connectivity index (χ2n) is 5.07. The van der Waals surface area contributed by atoms with Gasteiger partial charge in [-0.05, 0) is 27.7 Å². The molecule has 0 saturated carbocycles. The van der Waals surface area contributed by atoms with Crippen molar-refractivity contribution in [3.8, 4) is 0 Å². The Morgan fingerprint density at radius 2 is 2.00 bits per heavy atom. The van der Waals surface area contributed by atoms with Crippen molar-refractivity contribution < 1.29 is 26.3 Å². The van der Waals surface area contributed by atoms with Crippen molar-refractivity contribution >= 4 is 10.4 Å². The molecule has 0 aromatic rings. The van der Waals surface area contributed by atoms with Crippen molar-refractivity contribution in [3.63, 3.8) is 0 Å². The zero-order chi connectivity index (χ0) is 13.3. The fourth-order valence-electron chi connectivity index (χ4n) is 1.76. The lowest BCUT2D eigenvalue weighted by atomic mass is 10.0. The molecule has 1 atom stereocenters. The molecule has 0 radical (unpaired) electrons. The van der Waals surface area contributed by atoms with Crippen LogP contribution in [0.4, 0.5) is 0 Å². The topological polar surface area (TPSA) is 71.1 Å². The molecule has 1 saturated heterocycles. The zero-order valence-corrected chi connectivity index (χ0v) is 11.7. The summed E-state index contributed by atoms with van der Waals surface area (Å²) >= 11 is 0. The van der Waals surface area contributed by atoms with Gasteiger partial charge in [-0.2, -0.15) is 8.42 Å². The van der Waals surface area contributed by atoms with E-state index in [4.69, 9.17) is 13.7 Å². The molecule has 1 rings (SSSR count). The van der Waals surface area contributed by atoms with Gasteiger partial charge in [0, 0.05) is 6.42 Å². The maximum absolute atomic E-state index is 11.2. The summed E-state index contributed by atoms with van der Waals surface area (Å²) in [5, 5.41) is 0. The van der Waals surface area contributed by atoms with Crippen molar-refractivity contribution in [2.24, 2.45) is 0 Å². The summed E-state index contributed by atoms with van der Waals surface area (Å²) in [5.41, 5.74) is -0.900. The monoisotopic (exact) mass is 268 g/mol. The predicted octanol–water partition coefficient (Wildman–Crippen LogP) is 1.21. The third kappa shape index (κ3) is 4.89. The molecule has 0 spiro atoms. The Morgan fingerprint density at radius 1 is 1.41 bits per heavy atom. The first-order chi connectivity index (χ1) is 7.55. The van der Waals surface area contributed by atoms with Gasteiger partial charge in [0.2, 0.25) is 0 Å². The van der Waals surface area contributed by atoms with Gasteiger partial charge >= 0.3 is 10.4 Å². The highest BCUT2D eigenvalue weighted by molar-refractivity contribution is 7.81. The van der Waals surface area contributed by atoms with E-state index in [2.05, 4.69) is 4.18 Å². The van der Waals surface area contributed by atoms with Crippen LogP contribution in [0.3, 0.4) is 0 Å². The van der Waals surface area contributed by atoms with Crippen molar-refractivity contribution in [3.05, 3.63) is 0 Å². The van der Waals surface area contributed by atoms with Gasteiger partial charge in [0.25, 0.3) is 0 Å². The molecule has 0 bridgehead atoms. The van der Waals surface area contributed by atoms with E-state index in [9.17, 15) is 8.42 Å². The van der Waals surface area contributed by atoms with Crippen LogP contribution in [0.5, 0.6) is 0 Å². The quantitative estimate of drug-likeness (QED) is 0.746. The SMILES string of the molecule is COS(=O)(=O)OC(C)(C)C[C@H]1COC(C)(C)O1. The van der Waals surface area contributed by atoms with Gasteiger partial charge < -0.3 is 9.47 Å². The molecule has 1 heterocycles. The van der Waals surface area contributed by atoms with Crippen LogP contribution in [0, 0.1) is 0 Å². The molecular weight excluding hydrogens is 248 g/mol. The van der Waals surface area contributed by atoms with E-state index in [1.807, 2.05) is 13.8 Å². The predicted molar refractivity (Wildman–Crippen MR) is 60.6 cm³/mol. The first-order valence-electron chi connectivity index (χ1n) is 5.38. The van der Waals surface area contributed by atoms with Gasteiger partial charge in [-0.25, -0.2) is 4.18 Å². The van der Waals surface area contributed by atoms with Gasteiger partial charge in [0.1, 0.15) is 0 Å². The maximum Gasteiger partial charge on any atom is 0.400 e. The average Bonchev–Trinajstić information content (AvgIpc) is 2.42. The molecule has 6 nitrogen and oxygen atoms in total. The minimum absolute atomic E-state index is 0.188. The Bertz CT molecular complexity index is 359.